The van der Waals surface area contributed by atoms with E-state index in [9.17, 15) is 17.6 Å². The highest BCUT2D eigenvalue weighted by Gasteiger charge is 2.24. The van der Waals surface area contributed by atoms with Crippen LogP contribution < -0.4 is 5.56 Å². The first-order chi connectivity index (χ1) is 12.8. The Morgan fingerprint density at radius 2 is 1.70 bits per heavy atom. The summed E-state index contributed by atoms with van der Waals surface area (Å²) in [6.45, 7) is 0. The second kappa shape index (κ2) is 6.13. The van der Waals surface area contributed by atoms with E-state index in [1.807, 2.05) is 0 Å². The summed E-state index contributed by atoms with van der Waals surface area (Å²) in [7, 11) is -3.76. The van der Waals surface area contributed by atoms with Crippen LogP contribution in [-0.4, -0.2) is 34.4 Å². The van der Waals surface area contributed by atoms with Crippen LogP contribution in [0.5, 0.6) is 0 Å². The van der Waals surface area contributed by atoms with Crippen molar-refractivity contribution < 1.29 is 12.8 Å². The zero-order chi connectivity index (χ0) is 19.2. The summed E-state index contributed by atoms with van der Waals surface area (Å²) in [4.78, 5) is 19.6. The molecular formula is C18H13FN4O3S. The van der Waals surface area contributed by atoms with E-state index in [0.717, 1.165) is 6.26 Å². The summed E-state index contributed by atoms with van der Waals surface area (Å²) >= 11 is 0. The molecule has 0 atom stereocenters. The summed E-state index contributed by atoms with van der Waals surface area (Å²) in [5.74, 6) is -0.236. The van der Waals surface area contributed by atoms with E-state index in [1.165, 1.54) is 28.9 Å². The van der Waals surface area contributed by atoms with Gasteiger partial charge in [0.1, 0.15) is 17.0 Å². The summed E-state index contributed by atoms with van der Waals surface area (Å²) < 4.78 is 38.8. The van der Waals surface area contributed by atoms with Crippen molar-refractivity contribution in [2.45, 2.75) is 5.03 Å². The highest BCUT2D eigenvalue weighted by molar-refractivity contribution is 7.90. The number of benzene rings is 2. The molecule has 136 valence electrons. The molecule has 0 amide bonds. The van der Waals surface area contributed by atoms with Gasteiger partial charge in [0, 0.05) is 11.8 Å². The number of halogens is 1. The second-order valence-electron chi connectivity index (χ2n) is 5.94. The van der Waals surface area contributed by atoms with E-state index in [2.05, 4.69) is 15.1 Å². The fourth-order valence-corrected chi connectivity index (χ4v) is 3.53. The maximum atomic E-state index is 13.2. The minimum absolute atomic E-state index is 0.102. The molecule has 0 aliphatic heterocycles. The van der Waals surface area contributed by atoms with Crippen molar-refractivity contribution in [3.05, 3.63) is 70.8 Å². The Labute approximate surface area is 153 Å². The van der Waals surface area contributed by atoms with E-state index < -0.39 is 21.2 Å². The summed E-state index contributed by atoms with van der Waals surface area (Å²) in [5, 5.41) is 3.66. The third-order valence-corrected chi connectivity index (χ3v) is 4.96. The van der Waals surface area contributed by atoms with Gasteiger partial charge in [-0.2, -0.15) is 5.10 Å². The number of H-pyrrole nitrogens is 1. The van der Waals surface area contributed by atoms with Crippen LogP contribution >= 0.6 is 0 Å². The fourth-order valence-electron chi connectivity index (χ4n) is 2.75. The lowest BCUT2D eigenvalue weighted by Crippen LogP contribution is -2.12. The maximum absolute atomic E-state index is 13.2. The Morgan fingerprint density at radius 3 is 2.33 bits per heavy atom. The van der Waals surface area contributed by atoms with Crippen LogP contribution in [0, 0.1) is 5.82 Å². The van der Waals surface area contributed by atoms with Crippen molar-refractivity contribution >= 4 is 20.9 Å². The number of para-hydroxylation sites is 1. The Morgan fingerprint density at radius 1 is 1.04 bits per heavy atom. The third-order valence-electron chi connectivity index (χ3n) is 3.98. The molecule has 2 aromatic carbocycles. The van der Waals surface area contributed by atoms with Gasteiger partial charge in [0.25, 0.3) is 5.56 Å². The molecule has 0 fully saturated rings. The Kier molecular flexibility index (Phi) is 3.88. The fraction of sp³-hybridized carbons (Fsp3) is 0.0556. The molecule has 0 spiro atoms. The molecule has 2 aromatic heterocycles. The van der Waals surface area contributed by atoms with Crippen molar-refractivity contribution in [2.75, 3.05) is 6.26 Å². The molecule has 4 aromatic rings. The van der Waals surface area contributed by atoms with E-state index in [0.29, 0.717) is 11.3 Å². The van der Waals surface area contributed by atoms with Crippen LogP contribution in [-0.2, 0) is 9.84 Å². The van der Waals surface area contributed by atoms with Gasteiger partial charge in [-0.1, -0.05) is 18.2 Å². The van der Waals surface area contributed by atoms with Crippen molar-refractivity contribution in [1.82, 2.24) is 19.7 Å². The van der Waals surface area contributed by atoms with Crippen LogP contribution in [0.1, 0.15) is 0 Å². The minimum atomic E-state index is -3.76. The van der Waals surface area contributed by atoms with E-state index in [4.69, 9.17) is 0 Å². The van der Waals surface area contributed by atoms with Gasteiger partial charge < -0.3 is 4.98 Å². The average molecular weight is 384 g/mol. The number of hydrogen-bond donors (Lipinski definition) is 1. The highest BCUT2D eigenvalue weighted by atomic mass is 32.2. The molecule has 0 bridgehead atoms. The molecule has 0 aliphatic carbocycles. The highest BCUT2D eigenvalue weighted by Crippen LogP contribution is 2.23. The first kappa shape index (κ1) is 17.1. The van der Waals surface area contributed by atoms with Crippen LogP contribution in [0.15, 0.2) is 64.4 Å². The Balaban J connectivity index is 2.08. The predicted octanol–water partition coefficient (Wildman–Crippen LogP) is 2.32. The van der Waals surface area contributed by atoms with Gasteiger partial charge in [0.05, 0.1) is 5.69 Å². The SMILES string of the molecule is CS(=O)(=O)c1nn(-c2ccccc2)c2nc(-c3ccc(F)cc3)[nH]c(=O)c12. The number of rotatable bonds is 3. The summed E-state index contributed by atoms with van der Waals surface area (Å²) in [6.07, 6.45) is 0.984. The van der Waals surface area contributed by atoms with Crippen molar-refractivity contribution in [2.24, 2.45) is 0 Å². The molecule has 2 heterocycles. The maximum Gasteiger partial charge on any atom is 0.263 e. The quantitative estimate of drug-likeness (QED) is 0.585. The largest absolute Gasteiger partial charge is 0.306 e. The summed E-state index contributed by atoms with van der Waals surface area (Å²) in [5.41, 5.74) is 0.504. The topological polar surface area (TPSA) is 97.7 Å². The van der Waals surface area contributed by atoms with Crippen molar-refractivity contribution in [3.8, 4) is 17.1 Å². The molecule has 0 radical (unpaired) electrons. The van der Waals surface area contributed by atoms with E-state index in [-0.39, 0.29) is 21.9 Å². The number of fused-ring (bicyclic) bond motifs is 1. The zero-order valence-corrected chi connectivity index (χ0v) is 14.9. The molecule has 4 rings (SSSR count). The van der Waals surface area contributed by atoms with Crippen LogP contribution in [0.4, 0.5) is 4.39 Å². The number of hydrogen-bond acceptors (Lipinski definition) is 5. The van der Waals surface area contributed by atoms with Gasteiger partial charge in [-0.05, 0) is 36.4 Å². The predicted molar refractivity (Wildman–Crippen MR) is 98.0 cm³/mol. The molecule has 0 unspecified atom stereocenters. The Bertz CT molecular complexity index is 1310. The van der Waals surface area contributed by atoms with E-state index >= 15 is 0 Å². The summed E-state index contributed by atoms with van der Waals surface area (Å²) in [6, 6.07) is 14.2. The monoisotopic (exact) mass is 384 g/mol. The normalized spacial score (nSPS) is 11.8. The van der Waals surface area contributed by atoms with Crippen LogP contribution in [0.2, 0.25) is 0 Å². The number of sulfone groups is 1. The molecule has 0 saturated carbocycles. The van der Waals surface area contributed by atoms with Crippen molar-refractivity contribution in [1.29, 1.82) is 0 Å². The van der Waals surface area contributed by atoms with Crippen molar-refractivity contribution in [3.63, 3.8) is 0 Å². The molecular weight excluding hydrogens is 371 g/mol. The smallest absolute Gasteiger partial charge is 0.263 e. The molecule has 0 saturated heterocycles. The number of aromatic amines is 1. The number of nitrogens with one attached hydrogen (secondary N) is 1. The van der Waals surface area contributed by atoms with E-state index in [1.54, 1.807) is 30.3 Å². The Hall–Kier alpha value is -3.33. The van der Waals surface area contributed by atoms with Gasteiger partial charge in [-0.3, -0.25) is 4.79 Å². The minimum Gasteiger partial charge on any atom is -0.306 e. The molecule has 27 heavy (non-hydrogen) atoms. The lowest BCUT2D eigenvalue weighted by atomic mass is 10.2. The average Bonchev–Trinajstić information content (AvgIpc) is 3.03. The van der Waals surface area contributed by atoms with Gasteiger partial charge >= 0.3 is 0 Å². The third kappa shape index (κ3) is 3.02. The lowest BCUT2D eigenvalue weighted by molar-refractivity contribution is 0.597. The van der Waals surface area contributed by atoms with Gasteiger partial charge in [0.2, 0.25) is 0 Å². The van der Waals surface area contributed by atoms with Crippen LogP contribution in [0.3, 0.4) is 0 Å². The number of nitrogens with zero attached hydrogens (tertiary/aromatic N) is 3. The lowest BCUT2D eigenvalue weighted by Gasteiger charge is -2.04. The van der Waals surface area contributed by atoms with Gasteiger partial charge in [-0.25, -0.2) is 22.5 Å². The van der Waals surface area contributed by atoms with Gasteiger partial charge in [-0.15, -0.1) is 0 Å². The molecule has 0 aliphatic rings. The second-order valence-corrected chi connectivity index (χ2v) is 7.88. The molecule has 1 N–H and O–H groups in total. The van der Waals surface area contributed by atoms with Crippen LogP contribution in [0.25, 0.3) is 28.1 Å². The molecule has 9 heteroatoms. The first-order valence-corrected chi connectivity index (χ1v) is 9.78. The first-order valence-electron chi connectivity index (χ1n) is 7.89. The van der Waals surface area contributed by atoms with Gasteiger partial charge in [0.15, 0.2) is 20.5 Å². The standard InChI is InChI=1S/C18H13FN4O3S/c1-27(25,26)18-14-16(23(22-18)13-5-3-2-4-6-13)20-15(21-17(14)24)11-7-9-12(19)10-8-11/h2-10H,1H3,(H,20,21,24). The zero-order valence-electron chi connectivity index (χ0n) is 14.0. The number of aromatic nitrogens is 4. The molecule has 7 nitrogen and oxygen atoms in total.